The van der Waals surface area contributed by atoms with Gasteiger partial charge in [-0.15, -0.1) is 0 Å². The maximum atomic E-state index is 11.7. The first-order valence-electron chi connectivity index (χ1n) is 4.97. The third-order valence-corrected chi connectivity index (χ3v) is 3.45. The summed E-state index contributed by atoms with van der Waals surface area (Å²) in [5, 5.41) is 0.840. The molecule has 0 aromatic carbocycles. The van der Waals surface area contributed by atoms with Crippen LogP contribution in [0.5, 0.6) is 6.01 Å². The average Bonchev–Trinajstić information content (AvgIpc) is 2.71. The number of hydrogen-bond acceptors (Lipinski definition) is 4. The molecule has 0 spiro atoms. The Morgan fingerprint density at radius 2 is 2.25 bits per heavy atom. The number of aromatic nitrogens is 2. The molecular weight excluding hydrogens is 274 g/mol. The van der Waals surface area contributed by atoms with E-state index in [1.807, 2.05) is 0 Å². The van der Waals surface area contributed by atoms with Gasteiger partial charge < -0.3 is 9.64 Å². The van der Waals surface area contributed by atoms with E-state index in [-0.39, 0.29) is 5.91 Å². The average molecular weight is 286 g/mol. The largest absolute Gasteiger partial charge is 0.467 e. The number of rotatable bonds is 3. The minimum atomic E-state index is 0.123. The molecule has 16 heavy (non-hydrogen) atoms. The highest BCUT2D eigenvalue weighted by molar-refractivity contribution is 9.09. The van der Waals surface area contributed by atoms with Gasteiger partial charge in [0.2, 0.25) is 5.91 Å². The fourth-order valence-electron chi connectivity index (χ4n) is 1.69. The summed E-state index contributed by atoms with van der Waals surface area (Å²) in [7, 11) is 1.51. The second-order valence-corrected chi connectivity index (χ2v) is 4.30. The van der Waals surface area contributed by atoms with Gasteiger partial charge in [-0.3, -0.25) is 4.79 Å². The van der Waals surface area contributed by atoms with E-state index in [2.05, 4.69) is 25.9 Å². The number of nitrogens with zero attached hydrogens (tertiary/aromatic N) is 3. The molecule has 0 bridgehead atoms. The number of halogens is 1. The van der Waals surface area contributed by atoms with Crippen molar-refractivity contribution in [1.29, 1.82) is 0 Å². The third kappa shape index (κ3) is 2.16. The number of carbonyl (C=O) groups excluding carboxylic acids is 1. The van der Waals surface area contributed by atoms with Crippen LogP contribution < -0.4 is 9.64 Å². The van der Waals surface area contributed by atoms with Crippen LogP contribution in [0.4, 0.5) is 5.69 Å². The topological polar surface area (TPSA) is 55.3 Å². The molecule has 1 aliphatic rings. The molecule has 1 amide bonds. The van der Waals surface area contributed by atoms with Crippen LogP contribution in [0.3, 0.4) is 0 Å². The van der Waals surface area contributed by atoms with Crippen LogP contribution in [-0.2, 0) is 4.79 Å². The summed E-state index contributed by atoms with van der Waals surface area (Å²) in [4.78, 5) is 21.4. The van der Waals surface area contributed by atoms with E-state index in [4.69, 9.17) is 4.74 Å². The third-order valence-electron chi connectivity index (χ3n) is 2.53. The van der Waals surface area contributed by atoms with E-state index >= 15 is 0 Å². The number of methoxy groups -OCH3 is 1. The van der Waals surface area contributed by atoms with Gasteiger partial charge in [0.1, 0.15) is 0 Å². The summed E-state index contributed by atoms with van der Waals surface area (Å²) < 4.78 is 4.87. The van der Waals surface area contributed by atoms with Gasteiger partial charge in [-0.1, -0.05) is 15.9 Å². The van der Waals surface area contributed by atoms with Gasteiger partial charge in [0.15, 0.2) is 0 Å². The lowest BCUT2D eigenvalue weighted by molar-refractivity contribution is -0.117. The lowest BCUT2D eigenvalue weighted by Gasteiger charge is -2.15. The highest BCUT2D eigenvalue weighted by Gasteiger charge is 2.30. The molecule has 1 unspecified atom stereocenters. The molecule has 0 aliphatic carbocycles. The quantitative estimate of drug-likeness (QED) is 0.784. The zero-order valence-electron chi connectivity index (χ0n) is 8.89. The van der Waals surface area contributed by atoms with Crippen LogP contribution in [-0.4, -0.2) is 34.9 Å². The van der Waals surface area contributed by atoms with Crippen LogP contribution in [0.15, 0.2) is 12.4 Å². The Morgan fingerprint density at radius 1 is 1.56 bits per heavy atom. The molecule has 1 saturated heterocycles. The van der Waals surface area contributed by atoms with Gasteiger partial charge in [-0.25, -0.2) is 9.97 Å². The van der Waals surface area contributed by atoms with Crippen molar-refractivity contribution in [3.05, 3.63) is 12.4 Å². The molecule has 1 aromatic heterocycles. The van der Waals surface area contributed by atoms with E-state index in [0.29, 0.717) is 18.3 Å². The van der Waals surface area contributed by atoms with Crippen LogP contribution in [0.25, 0.3) is 0 Å². The van der Waals surface area contributed by atoms with Gasteiger partial charge in [-0.2, -0.15) is 0 Å². The van der Waals surface area contributed by atoms with E-state index in [9.17, 15) is 4.79 Å². The zero-order chi connectivity index (χ0) is 11.5. The van der Waals surface area contributed by atoms with Crippen molar-refractivity contribution >= 4 is 27.5 Å². The monoisotopic (exact) mass is 285 g/mol. The predicted molar refractivity (Wildman–Crippen MR) is 62.8 cm³/mol. The Hall–Kier alpha value is -1.17. The summed E-state index contributed by atoms with van der Waals surface area (Å²) in [5.41, 5.74) is 0.731. The van der Waals surface area contributed by atoms with E-state index in [1.54, 1.807) is 17.3 Å². The SMILES string of the molecule is COc1ncc(N2CC(CBr)CC2=O)cn1. The van der Waals surface area contributed by atoms with Crippen molar-refractivity contribution in [3.8, 4) is 6.01 Å². The van der Waals surface area contributed by atoms with Gasteiger partial charge in [0.05, 0.1) is 25.2 Å². The molecule has 2 heterocycles. The molecular formula is C10H12BrN3O2. The van der Waals surface area contributed by atoms with Gasteiger partial charge in [-0.05, 0) is 5.92 Å². The number of alkyl halides is 1. The van der Waals surface area contributed by atoms with Crippen molar-refractivity contribution in [3.63, 3.8) is 0 Å². The Kier molecular flexibility index (Phi) is 3.38. The fourth-order valence-corrected chi connectivity index (χ4v) is 2.12. The molecule has 2 rings (SSSR count). The van der Waals surface area contributed by atoms with Crippen LogP contribution in [0.1, 0.15) is 6.42 Å². The van der Waals surface area contributed by atoms with Gasteiger partial charge in [0, 0.05) is 18.3 Å². The first-order valence-corrected chi connectivity index (χ1v) is 6.09. The van der Waals surface area contributed by atoms with Crippen molar-refractivity contribution in [2.75, 3.05) is 23.9 Å². The molecule has 1 fully saturated rings. The molecule has 1 aliphatic heterocycles. The molecule has 0 saturated carbocycles. The Balaban J connectivity index is 2.15. The molecule has 6 heteroatoms. The Labute approximate surface area is 102 Å². The Morgan fingerprint density at radius 3 is 2.75 bits per heavy atom. The summed E-state index contributed by atoms with van der Waals surface area (Å²) in [6, 6.07) is 0.312. The first-order chi connectivity index (χ1) is 7.74. The van der Waals surface area contributed by atoms with Crippen molar-refractivity contribution in [2.45, 2.75) is 6.42 Å². The molecule has 86 valence electrons. The summed E-state index contributed by atoms with van der Waals surface area (Å²) in [5.74, 6) is 0.493. The molecule has 0 radical (unpaired) electrons. The normalized spacial score (nSPS) is 20.2. The number of ether oxygens (including phenoxy) is 1. The van der Waals surface area contributed by atoms with Crippen LogP contribution >= 0.6 is 15.9 Å². The minimum Gasteiger partial charge on any atom is -0.467 e. The zero-order valence-corrected chi connectivity index (χ0v) is 10.5. The van der Waals surface area contributed by atoms with Crippen molar-refractivity contribution in [2.24, 2.45) is 5.92 Å². The summed E-state index contributed by atoms with van der Waals surface area (Å²) in [6.45, 7) is 0.722. The van der Waals surface area contributed by atoms with Crippen LogP contribution in [0, 0.1) is 5.92 Å². The molecule has 5 nitrogen and oxygen atoms in total. The number of carbonyl (C=O) groups is 1. The standard InChI is InChI=1S/C10H12BrN3O2/c1-16-10-12-4-8(5-13-10)14-6-7(3-11)2-9(14)15/h4-5,7H,2-3,6H2,1H3. The number of hydrogen-bond donors (Lipinski definition) is 0. The second-order valence-electron chi connectivity index (χ2n) is 3.66. The lowest BCUT2D eigenvalue weighted by Crippen LogP contribution is -2.24. The molecule has 0 N–H and O–H groups in total. The lowest BCUT2D eigenvalue weighted by atomic mass is 10.2. The van der Waals surface area contributed by atoms with Crippen molar-refractivity contribution < 1.29 is 9.53 Å². The van der Waals surface area contributed by atoms with Crippen molar-refractivity contribution in [1.82, 2.24) is 9.97 Å². The smallest absolute Gasteiger partial charge is 0.316 e. The fraction of sp³-hybridized carbons (Fsp3) is 0.500. The molecule has 1 atom stereocenters. The van der Waals surface area contributed by atoms with E-state index in [1.165, 1.54) is 7.11 Å². The van der Waals surface area contributed by atoms with E-state index < -0.39 is 0 Å². The van der Waals surface area contributed by atoms with Crippen LogP contribution in [0.2, 0.25) is 0 Å². The highest BCUT2D eigenvalue weighted by atomic mass is 79.9. The number of amides is 1. The summed E-state index contributed by atoms with van der Waals surface area (Å²) >= 11 is 3.40. The summed E-state index contributed by atoms with van der Waals surface area (Å²) in [6.07, 6.45) is 3.80. The number of anilines is 1. The van der Waals surface area contributed by atoms with E-state index in [0.717, 1.165) is 17.6 Å². The van der Waals surface area contributed by atoms with Gasteiger partial charge >= 0.3 is 6.01 Å². The first kappa shape index (κ1) is 11.3. The maximum absolute atomic E-state index is 11.7. The van der Waals surface area contributed by atoms with Gasteiger partial charge in [0.25, 0.3) is 0 Å². The highest BCUT2D eigenvalue weighted by Crippen LogP contribution is 2.25. The second kappa shape index (κ2) is 4.78. The maximum Gasteiger partial charge on any atom is 0.316 e. The predicted octanol–water partition coefficient (Wildman–Crippen LogP) is 1.23. The Bertz CT molecular complexity index is 382. The molecule has 1 aromatic rings. The minimum absolute atomic E-state index is 0.123.